The average molecular weight is 290 g/mol. The fraction of sp³-hybridized carbons (Fsp3) is 1.00. The minimum atomic E-state index is -2.46. The molecule has 0 aliphatic heterocycles. The molecule has 0 heterocycles. The highest BCUT2D eigenvalue weighted by Gasteiger charge is 2.40. The molecule has 0 saturated heterocycles. The number of hydrogen-bond donors (Lipinski definition) is 1. The second-order valence-corrected chi connectivity index (χ2v) is 7.93. The maximum absolute atomic E-state index is 9.54. The third-order valence-electron chi connectivity index (χ3n) is 3.77. The first-order valence-corrected chi connectivity index (χ1v) is 9.68. The molecule has 4 nitrogen and oxygen atoms in total. The number of aliphatic hydroxyl groups excluding tert-OH is 1. The van der Waals surface area contributed by atoms with Gasteiger partial charge in [0.15, 0.2) is 0 Å². The second-order valence-electron chi connectivity index (χ2n) is 5.20. The lowest BCUT2D eigenvalue weighted by Gasteiger charge is -2.31. The number of hydrogen-bond acceptors (Lipinski definition) is 4. The first kappa shape index (κ1) is 17.1. The molecule has 0 radical (unpaired) electrons. The van der Waals surface area contributed by atoms with Crippen LogP contribution in [-0.2, 0) is 13.3 Å². The average Bonchev–Trinajstić information content (AvgIpc) is 2.39. The minimum Gasteiger partial charge on any atom is -0.393 e. The molecule has 1 aliphatic carbocycles. The third kappa shape index (κ3) is 5.91. The Morgan fingerprint density at radius 3 is 1.79 bits per heavy atom. The van der Waals surface area contributed by atoms with E-state index in [-0.39, 0.29) is 6.10 Å². The van der Waals surface area contributed by atoms with Gasteiger partial charge in [0.05, 0.1) is 6.10 Å². The zero-order valence-electron chi connectivity index (χ0n) is 12.7. The van der Waals surface area contributed by atoms with Crippen LogP contribution in [0.5, 0.6) is 0 Å². The van der Waals surface area contributed by atoms with Gasteiger partial charge in [-0.05, 0) is 58.8 Å². The quantitative estimate of drug-likeness (QED) is 0.663. The van der Waals surface area contributed by atoms with Crippen LogP contribution in [0.3, 0.4) is 0 Å². The molecule has 1 rings (SSSR count). The summed E-state index contributed by atoms with van der Waals surface area (Å²) in [4.78, 5) is 0. The SMILES string of the molecule is CCO[Si](CCC1CCC(O)CC1)(OCC)OCC. The topological polar surface area (TPSA) is 47.9 Å². The summed E-state index contributed by atoms with van der Waals surface area (Å²) < 4.78 is 17.6. The molecular weight excluding hydrogens is 260 g/mol. The Labute approximate surface area is 118 Å². The van der Waals surface area contributed by atoms with Crippen molar-refractivity contribution in [2.45, 2.75) is 65.0 Å². The van der Waals surface area contributed by atoms with Crippen LogP contribution in [-0.4, -0.2) is 39.8 Å². The van der Waals surface area contributed by atoms with Crippen LogP contribution in [0, 0.1) is 5.92 Å². The normalized spacial score (nSPS) is 24.6. The van der Waals surface area contributed by atoms with Gasteiger partial charge in [-0.25, -0.2) is 0 Å². The Kier molecular flexibility index (Phi) is 8.17. The first-order chi connectivity index (χ1) is 9.15. The van der Waals surface area contributed by atoms with Crippen molar-refractivity contribution in [3.05, 3.63) is 0 Å². The van der Waals surface area contributed by atoms with Crippen molar-refractivity contribution in [3.63, 3.8) is 0 Å². The second kappa shape index (κ2) is 9.08. The number of rotatable bonds is 9. The van der Waals surface area contributed by atoms with Crippen molar-refractivity contribution < 1.29 is 18.4 Å². The minimum absolute atomic E-state index is 0.0797. The summed E-state index contributed by atoms with van der Waals surface area (Å²) in [5, 5.41) is 9.54. The molecule has 0 aromatic carbocycles. The standard InChI is InChI=1S/C14H30O4Si/c1-4-16-19(17-5-2,18-6-3)12-11-13-7-9-14(15)10-8-13/h13-15H,4-12H2,1-3H3. The van der Waals surface area contributed by atoms with Gasteiger partial charge in [0.2, 0.25) is 0 Å². The fourth-order valence-electron chi connectivity index (χ4n) is 2.82. The predicted octanol–water partition coefficient (Wildman–Crippen LogP) is 2.98. The Hall–Kier alpha value is 0.0569. The van der Waals surface area contributed by atoms with Gasteiger partial charge in [0, 0.05) is 25.9 Å². The van der Waals surface area contributed by atoms with Gasteiger partial charge in [0.1, 0.15) is 0 Å². The van der Waals surface area contributed by atoms with Crippen molar-refractivity contribution in [2.75, 3.05) is 19.8 Å². The van der Waals surface area contributed by atoms with Crippen LogP contribution in [0.2, 0.25) is 6.04 Å². The fourth-order valence-corrected chi connectivity index (χ4v) is 5.58. The Morgan fingerprint density at radius 2 is 1.37 bits per heavy atom. The van der Waals surface area contributed by atoms with Gasteiger partial charge in [-0.3, -0.25) is 0 Å². The molecule has 0 atom stereocenters. The molecule has 0 spiro atoms. The molecule has 5 heteroatoms. The summed E-state index contributed by atoms with van der Waals surface area (Å²) in [5.41, 5.74) is 0. The summed E-state index contributed by atoms with van der Waals surface area (Å²) in [6.45, 7) is 7.94. The van der Waals surface area contributed by atoms with Crippen LogP contribution in [0.4, 0.5) is 0 Å². The van der Waals surface area contributed by atoms with E-state index >= 15 is 0 Å². The Morgan fingerprint density at radius 1 is 0.895 bits per heavy atom. The molecule has 0 amide bonds. The van der Waals surface area contributed by atoms with Gasteiger partial charge in [-0.2, -0.15) is 0 Å². The summed E-state index contributed by atoms with van der Waals surface area (Å²) in [7, 11) is -2.46. The van der Waals surface area contributed by atoms with E-state index in [2.05, 4.69) is 0 Å². The van der Waals surface area contributed by atoms with Crippen molar-refractivity contribution in [3.8, 4) is 0 Å². The molecule has 1 N–H and O–H groups in total. The van der Waals surface area contributed by atoms with Crippen LogP contribution in [0.25, 0.3) is 0 Å². The molecule has 0 aromatic heterocycles. The monoisotopic (exact) mass is 290 g/mol. The Bertz CT molecular complexity index is 212. The largest absolute Gasteiger partial charge is 0.500 e. The molecule has 0 bridgehead atoms. The summed E-state index contributed by atoms with van der Waals surface area (Å²) in [6, 6.07) is 0.906. The van der Waals surface area contributed by atoms with E-state index in [1.165, 1.54) is 0 Å². The summed E-state index contributed by atoms with van der Waals surface area (Å²) in [6.07, 6.45) is 5.14. The molecule has 1 saturated carbocycles. The zero-order chi connectivity index (χ0) is 14.1. The number of aliphatic hydroxyl groups is 1. The first-order valence-electron chi connectivity index (χ1n) is 7.75. The lowest BCUT2D eigenvalue weighted by Crippen LogP contribution is -2.46. The van der Waals surface area contributed by atoms with Crippen LogP contribution < -0.4 is 0 Å². The van der Waals surface area contributed by atoms with Crippen molar-refractivity contribution >= 4 is 8.80 Å². The van der Waals surface area contributed by atoms with Crippen molar-refractivity contribution in [1.29, 1.82) is 0 Å². The van der Waals surface area contributed by atoms with Crippen LogP contribution >= 0.6 is 0 Å². The molecule has 0 unspecified atom stereocenters. The lowest BCUT2D eigenvalue weighted by atomic mass is 9.86. The van der Waals surface area contributed by atoms with E-state index in [0.29, 0.717) is 25.7 Å². The molecular formula is C14H30O4Si. The lowest BCUT2D eigenvalue weighted by molar-refractivity contribution is 0.0665. The van der Waals surface area contributed by atoms with Crippen LogP contribution in [0.15, 0.2) is 0 Å². The summed E-state index contributed by atoms with van der Waals surface area (Å²) >= 11 is 0. The van der Waals surface area contributed by atoms with Crippen LogP contribution in [0.1, 0.15) is 52.9 Å². The van der Waals surface area contributed by atoms with E-state index in [4.69, 9.17) is 13.3 Å². The highest BCUT2D eigenvalue weighted by atomic mass is 28.4. The maximum Gasteiger partial charge on any atom is 0.500 e. The van der Waals surface area contributed by atoms with E-state index in [1.807, 2.05) is 20.8 Å². The van der Waals surface area contributed by atoms with Crippen molar-refractivity contribution in [1.82, 2.24) is 0 Å². The van der Waals surface area contributed by atoms with Crippen molar-refractivity contribution in [2.24, 2.45) is 5.92 Å². The summed E-state index contributed by atoms with van der Waals surface area (Å²) in [5.74, 6) is 0.691. The van der Waals surface area contributed by atoms with E-state index < -0.39 is 8.80 Å². The van der Waals surface area contributed by atoms with E-state index in [0.717, 1.165) is 38.1 Å². The molecule has 0 aromatic rings. The smallest absolute Gasteiger partial charge is 0.393 e. The van der Waals surface area contributed by atoms with E-state index in [1.54, 1.807) is 0 Å². The Balaban J connectivity index is 2.46. The third-order valence-corrected chi connectivity index (χ3v) is 6.85. The van der Waals surface area contributed by atoms with Gasteiger partial charge < -0.3 is 18.4 Å². The zero-order valence-corrected chi connectivity index (χ0v) is 13.7. The van der Waals surface area contributed by atoms with Gasteiger partial charge in [0.25, 0.3) is 0 Å². The van der Waals surface area contributed by atoms with Gasteiger partial charge in [-0.1, -0.05) is 0 Å². The van der Waals surface area contributed by atoms with Gasteiger partial charge in [-0.15, -0.1) is 0 Å². The van der Waals surface area contributed by atoms with E-state index in [9.17, 15) is 5.11 Å². The highest BCUT2D eigenvalue weighted by molar-refractivity contribution is 6.60. The molecule has 114 valence electrons. The molecule has 1 fully saturated rings. The van der Waals surface area contributed by atoms with Gasteiger partial charge >= 0.3 is 8.80 Å². The maximum atomic E-state index is 9.54. The highest BCUT2D eigenvalue weighted by Crippen LogP contribution is 2.31. The molecule has 1 aliphatic rings. The molecule has 19 heavy (non-hydrogen) atoms. The predicted molar refractivity (Wildman–Crippen MR) is 78.0 cm³/mol.